The van der Waals surface area contributed by atoms with Crippen LogP contribution in [0.25, 0.3) is 0 Å². The van der Waals surface area contributed by atoms with Crippen LogP contribution in [0, 0.1) is 0 Å². The van der Waals surface area contributed by atoms with Crippen LogP contribution in [0.4, 0.5) is 0 Å². The van der Waals surface area contributed by atoms with Crippen LogP contribution >= 0.6 is 0 Å². The van der Waals surface area contributed by atoms with E-state index >= 15 is 0 Å². The van der Waals surface area contributed by atoms with Gasteiger partial charge in [0.15, 0.2) is 0 Å². The van der Waals surface area contributed by atoms with E-state index in [4.69, 9.17) is 0 Å². The van der Waals surface area contributed by atoms with Gasteiger partial charge in [-0.2, -0.15) is 0 Å². The van der Waals surface area contributed by atoms with Gasteiger partial charge in [0.1, 0.15) is 0 Å². The summed E-state index contributed by atoms with van der Waals surface area (Å²) < 4.78 is 1.34. The summed E-state index contributed by atoms with van der Waals surface area (Å²) in [4.78, 5) is 2.09. The molecule has 0 aliphatic carbocycles. The van der Waals surface area contributed by atoms with Crippen molar-refractivity contribution in [1.29, 1.82) is 0 Å². The Morgan fingerprint density at radius 1 is 1.36 bits per heavy atom. The molecule has 0 spiro atoms. The average Bonchev–Trinajstić information content (AvgIpc) is 2.19. The van der Waals surface area contributed by atoms with Gasteiger partial charge >= 0.3 is 91.8 Å². The molecule has 0 saturated carbocycles. The van der Waals surface area contributed by atoms with Crippen molar-refractivity contribution in [3.8, 4) is 0 Å². The molecule has 0 saturated heterocycles. The van der Waals surface area contributed by atoms with Crippen molar-refractivity contribution < 1.29 is 5.11 Å². The standard InChI is InChI=1S/C12H16OSe/c1-3-12(2,13)9-10-14-11-7-5-4-6-8-11/h4-10,13H,3H2,1-2H3/b10-9-. The molecule has 1 unspecified atom stereocenters. The van der Waals surface area contributed by atoms with Gasteiger partial charge in [-0.3, -0.25) is 0 Å². The van der Waals surface area contributed by atoms with E-state index in [0.29, 0.717) is 15.0 Å². The SMILES string of the molecule is CCC(C)(O)/C=C\[Se]c1ccccc1. The number of hydrogen-bond acceptors (Lipinski definition) is 1. The normalized spacial score (nSPS) is 15.6. The second kappa shape index (κ2) is 5.35. The summed E-state index contributed by atoms with van der Waals surface area (Å²) in [6, 6.07) is 10.3. The van der Waals surface area contributed by atoms with E-state index in [1.54, 1.807) is 0 Å². The van der Waals surface area contributed by atoms with Gasteiger partial charge in [0, 0.05) is 0 Å². The molecule has 0 aromatic heterocycles. The Morgan fingerprint density at radius 2 is 2.00 bits per heavy atom. The van der Waals surface area contributed by atoms with Crippen LogP contribution in [0.3, 0.4) is 0 Å². The second-order valence-corrected chi connectivity index (χ2v) is 5.50. The molecule has 2 heteroatoms. The molecule has 14 heavy (non-hydrogen) atoms. The molecule has 1 nitrogen and oxygen atoms in total. The maximum atomic E-state index is 9.72. The van der Waals surface area contributed by atoms with Gasteiger partial charge in [-0.1, -0.05) is 0 Å². The Hall–Kier alpha value is -0.561. The first kappa shape index (κ1) is 11.5. The van der Waals surface area contributed by atoms with Crippen molar-refractivity contribution in [2.75, 3.05) is 0 Å². The number of aliphatic hydroxyl groups is 1. The zero-order chi connectivity index (χ0) is 10.4. The van der Waals surface area contributed by atoms with Crippen LogP contribution in [0.2, 0.25) is 0 Å². The first-order chi connectivity index (χ1) is 6.64. The molecule has 0 aliphatic rings. The molecule has 0 radical (unpaired) electrons. The maximum absolute atomic E-state index is 9.72. The average molecular weight is 255 g/mol. The monoisotopic (exact) mass is 256 g/mol. The third-order valence-electron chi connectivity index (χ3n) is 2.09. The van der Waals surface area contributed by atoms with E-state index < -0.39 is 5.60 Å². The van der Waals surface area contributed by atoms with E-state index in [0.717, 1.165) is 6.42 Å². The fraction of sp³-hybridized carbons (Fsp3) is 0.333. The van der Waals surface area contributed by atoms with Crippen LogP contribution < -0.4 is 4.46 Å². The van der Waals surface area contributed by atoms with Gasteiger partial charge in [-0.15, -0.1) is 0 Å². The second-order valence-electron chi connectivity index (χ2n) is 3.44. The summed E-state index contributed by atoms with van der Waals surface area (Å²) in [7, 11) is 0. The minimum atomic E-state index is -0.642. The molecular formula is C12H16OSe. The van der Waals surface area contributed by atoms with Crippen LogP contribution in [0.15, 0.2) is 41.4 Å². The van der Waals surface area contributed by atoms with Crippen molar-refractivity contribution in [3.05, 3.63) is 41.4 Å². The summed E-state index contributed by atoms with van der Waals surface area (Å²) in [5.41, 5.74) is -0.642. The first-order valence-electron chi connectivity index (χ1n) is 4.76. The van der Waals surface area contributed by atoms with Gasteiger partial charge in [0.2, 0.25) is 0 Å². The number of benzene rings is 1. The Labute approximate surface area is 92.0 Å². The third-order valence-corrected chi connectivity index (χ3v) is 3.80. The van der Waals surface area contributed by atoms with Crippen molar-refractivity contribution in [1.82, 2.24) is 0 Å². The van der Waals surface area contributed by atoms with Crippen molar-refractivity contribution in [2.45, 2.75) is 25.9 Å². The third kappa shape index (κ3) is 4.10. The Morgan fingerprint density at radius 3 is 2.57 bits per heavy atom. The van der Waals surface area contributed by atoms with Crippen LogP contribution in [-0.4, -0.2) is 25.7 Å². The molecule has 76 valence electrons. The molecule has 1 aromatic carbocycles. The summed E-state index contributed by atoms with van der Waals surface area (Å²) >= 11 is 0.334. The van der Waals surface area contributed by atoms with Gasteiger partial charge < -0.3 is 0 Å². The predicted octanol–water partition coefficient (Wildman–Crippen LogP) is 1.69. The molecule has 1 N–H and O–H groups in total. The molecule has 0 fully saturated rings. The Bertz CT molecular complexity index is 290. The predicted molar refractivity (Wildman–Crippen MR) is 61.9 cm³/mol. The van der Waals surface area contributed by atoms with E-state index in [2.05, 4.69) is 17.1 Å². The van der Waals surface area contributed by atoms with E-state index in [9.17, 15) is 5.11 Å². The van der Waals surface area contributed by atoms with Gasteiger partial charge in [0.25, 0.3) is 0 Å². The molecule has 1 aromatic rings. The molecule has 0 heterocycles. The fourth-order valence-electron chi connectivity index (χ4n) is 0.876. The molecular weight excluding hydrogens is 239 g/mol. The summed E-state index contributed by atoms with van der Waals surface area (Å²) in [5, 5.41) is 9.72. The molecule has 1 atom stereocenters. The first-order valence-corrected chi connectivity index (χ1v) is 6.60. The number of rotatable bonds is 4. The minimum absolute atomic E-state index is 0.334. The number of hydrogen-bond donors (Lipinski definition) is 1. The van der Waals surface area contributed by atoms with Crippen LogP contribution in [0.1, 0.15) is 20.3 Å². The zero-order valence-electron chi connectivity index (χ0n) is 8.60. The molecule has 0 aliphatic heterocycles. The Balaban J connectivity index is 2.49. The topological polar surface area (TPSA) is 20.2 Å². The van der Waals surface area contributed by atoms with Gasteiger partial charge in [-0.25, -0.2) is 0 Å². The molecule has 0 amide bonds. The summed E-state index contributed by atoms with van der Waals surface area (Å²) in [6.45, 7) is 3.82. The summed E-state index contributed by atoms with van der Waals surface area (Å²) in [6.07, 6.45) is 2.66. The van der Waals surface area contributed by atoms with Crippen molar-refractivity contribution >= 4 is 19.4 Å². The molecule has 0 bridgehead atoms. The molecule has 1 rings (SSSR count). The van der Waals surface area contributed by atoms with Crippen LogP contribution in [-0.2, 0) is 0 Å². The van der Waals surface area contributed by atoms with Crippen molar-refractivity contribution in [3.63, 3.8) is 0 Å². The van der Waals surface area contributed by atoms with Crippen LogP contribution in [0.5, 0.6) is 0 Å². The van der Waals surface area contributed by atoms with Gasteiger partial charge in [-0.05, 0) is 0 Å². The van der Waals surface area contributed by atoms with E-state index in [1.165, 1.54) is 4.46 Å². The van der Waals surface area contributed by atoms with E-state index in [1.807, 2.05) is 38.1 Å². The fourth-order valence-corrected chi connectivity index (χ4v) is 2.62. The zero-order valence-corrected chi connectivity index (χ0v) is 10.3. The van der Waals surface area contributed by atoms with Crippen molar-refractivity contribution in [2.24, 2.45) is 0 Å². The van der Waals surface area contributed by atoms with E-state index in [-0.39, 0.29) is 0 Å². The quantitative estimate of drug-likeness (QED) is 0.812. The Kier molecular flexibility index (Phi) is 4.40. The summed E-state index contributed by atoms with van der Waals surface area (Å²) in [5.74, 6) is 0. The van der Waals surface area contributed by atoms with Gasteiger partial charge in [0.05, 0.1) is 0 Å².